The first-order valence-electron chi connectivity index (χ1n) is 37.9. The van der Waals surface area contributed by atoms with Gasteiger partial charge in [-0.05, 0) is 6.92 Å². The molecule has 51 nitrogen and oxygen atoms in total. The summed E-state index contributed by atoms with van der Waals surface area (Å²) in [6.45, 7) is -3.32. The lowest BCUT2D eigenvalue weighted by Crippen LogP contribution is -2.70. The summed E-state index contributed by atoms with van der Waals surface area (Å²) < 4.78 is 107. The molecule has 0 radical (unpaired) electrons. The lowest BCUT2D eigenvalue weighted by Gasteiger charge is -2.51. The quantitative estimate of drug-likeness (QED) is 0.0214. The maximum atomic E-state index is 13.1. The van der Waals surface area contributed by atoms with Gasteiger partial charge in [-0.3, -0.25) is 24.0 Å². The highest BCUT2D eigenvalue weighted by Gasteiger charge is 2.62. The van der Waals surface area contributed by atoms with Gasteiger partial charge in [0.15, 0.2) is 44.0 Å². The zero-order valence-electron chi connectivity index (χ0n) is 64.3. The molecule has 0 spiro atoms. The average molecular weight is 1730 g/mol. The molecule has 0 saturated carbocycles. The third kappa shape index (κ3) is 21.6. The Morgan fingerprint density at radius 2 is 0.720 bits per heavy atom. The van der Waals surface area contributed by atoms with Crippen LogP contribution in [0.5, 0.6) is 0 Å². The van der Waals surface area contributed by atoms with Crippen LogP contribution in [0.1, 0.15) is 48.0 Å². The predicted molar refractivity (Wildman–Crippen MR) is 367 cm³/mol. The topological polar surface area (TPSA) is 785 Å². The molecule has 28 N–H and O–H groups in total. The molecule has 19 unspecified atom stereocenters. The lowest BCUT2D eigenvalue weighted by molar-refractivity contribution is -0.448. The Morgan fingerprint density at radius 1 is 0.381 bits per heavy atom. The Labute approximate surface area is 670 Å². The van der Waals surface area contributed by atoms with Crippen molar-refractivity contribution in [1.82, 2.24) is 21.3 Å². The number of aliphatic hydroxyl groups is 24. The van der Waals surface area contributed by atoms with Gasteiger partial charge in [0, 0.05) is 33.6 Å². The fourth-order valence-corrected chi connectivity index (χ4v) is 15.5. The van der Waals surface area contributed by atoms with Crippen molar-refractivity contribution in [3.8, 4) is 0 Å². The third-order valence-electron chi connectivity index (χ3n) is 21.9. The maximum Gasteiger partial charge on any atom is 0.332 e. The van der Waals surface area contributed by atoms with Crippen LogP contribution in [-0.4, -0.2) is 488 Å². The van der Waals surface area contributed by atoms with Gasteiger partial charge in [0.25, 0.3) is 6.47 Å². The Kier molecular flexibility index (Phi) is 35.2. The van der Waals surface area contributed by atoms with Crippen molar-refractivity contribution in [2.24, 2.45) is 5.92 Å². The number of carbonyl (C=O) groups excluding carboxylic acids is 5. The summed E-state index contributed by atoms with van der Waals surface area (Å²) in [5, 5.41) is 279. The van der Waals surface area contributed by atoms with E-state index < -0.39 is 371 Å². The van der Waals surface area contributed by atoms with Crippen LogP contribution in [0.4, 0.5) is 0 Å². The lowest BCUT2D eigenvalue weighted by atomic mass is 9.87. The van der Waals surface area contributed by atoms with E-state index in [9.17, 15) is 147 Å². The zero-order chi connectivity index (χ0) is 87.1. The van der Waals surface area contributed by atoms with Crippen LogP contribution in [0.3, 0.4) is 0 Å². The summed E-state index contributed by atoms with van der Waals surface area (Å²) in [5.74, 6) is -7.36. The molecule has 9 fully saturated rings. The molecule has 4 amide bonds. The van der Waals surface area contributed by atoms with Crippen molar-refractivity contribution in [3.05, 3.63) is 0 Å². The highest BCUT2D eigenvalue weighted by molar-refractivity contribution is 5.74. The normalized spacial score (nSPS) is 47.5. The predicted octanol–water partition coefficient (Wildman–Crippen LogP) is -18.5. The van der Waals surface area contributed by atoms with Crippen LogP contribution >= 0.6 is 0 Å². The van der Waals surface area contributed by atoms with Crippen molar-refractivity contribution in [2.45, 2.75) is 324 Å². The smallest absolute Gasteiger partial charge is 0.332 e. The second kappa shape index (κ2) is 42.6. The molecule has 0 aromatic heterocycles. The fraction of sp³-hybridized carbons (Fsp3) is 0.925. The van der Waals surface area contributed by atoms with Crippen molar-refractivity contribution in [2.75, 3.05) is 59.5 Å². The molecule has 9 aliphatic heterocycles. The molecule has 118 heavy (non-hydrogen) atoms. The van der Waals surface area contributed by atoms with Gasteiger partial charge in [0.05, 0.1) is 90.2 Å². The van der Waals surface area contributed by atoms with E-state index in [1.165, 1.54) is 13.8 Å². The van der Waals surface area contributed by atoms with E-state index in [0.717, 1.165) is 27.7 Å². The first-order valence-corrected chi connectivity index (χ1v) is 37.9. The Morgan fingerprint density at radius 3 is 1.17 bits per heavy atom. The summed E-state index contributed by atoms with van der Waals surface area (Å²) in [5.41, 5.74) is 0. The van der Waals surface area contributed by atoms with E-state index in [1.807, 2.05) is 0 Å². The molecule has 682 valence electrons. The largest absolute Gasteiger partial charge is 0.410 e. The van der Waals surface area contributed by atoms with Crippen molar-refractivity contribution in [3.63, 3.8) is 0 Å². The summed E-state index contributed by atoms with van der Waals surface area (Å²) in [6, 6.07) is -6.87. The Balaban J connectivity index is 1.03. The summed E-state index contributed by atoms with van der Waals surface area (Å²) in [6.07, 6.45) is -82.7. The minimum Gasteiger partial charge on any atom is -0.410 e. The number of nitrogens with one attached hydrogen (secondary N) is 4. The highest BCUT2D eigenvalue weighted by atomic mass is 16.9. The molecule has 9 rings (SSSR count). The van der Waals surface area contributed by atoms with Gasteiger partial charge >= 0.3 is 5.97 Å². The minimum atomic E-state index is -2.87. The van der Waals surface area contributed by atoms with Gasteiger partial charge in [-0.25, -0.2) is 0 Å². The Bertz CT molecular complexity index is 3180. The molecule has 0 aromatic rings. The van der Waals surface area contributed by atoms with Gasteiger partial charge in [-0.1, -0.05) is 6.92 Å². The summed E-state index contributed by atoms with van der Waals surface area (Å²) in [4.78, 5) is 63.0. The van der Waals surface area contributed by atoms with E-state index in [-0.39, 0.29) is 6.47 Å². The van der Waals surface area contributed by atoms with Gasteiger partial charge < -0.3 is 229 Å². The van der Waals surface area contributed by atoms with E-state index in [4.69, 9.17) is 85.3 Å². The molecule has 0 aliphatic carbocycles. The van der Waals surface area contributed by atoms with Gasteiger partial charge in [-0.15, -0.1) is 0 Å². The number of hydrogen-bond acceptors (Lipinski definition) is 47. The number of rotatable bonds is 33. The van der Waals surface area contributed by atoms with Crippen LogP contribution in [0.2, 0.25) is 0 Å². The summed E-state index contributed by atoms with van der Waals surface area (Å²) >= 11 is 0. The zero-order valence-corrected chi connectivity index (χ0v) is 64.3. The SMILES string of the molecule is CC(=O)NC1C(O)[C@H](O[C@@H]2OC(CO)[C@H](O)[C@H](O[C@]3(OC=O)CC(O)[C@@H](C)C([C@H](O)[C@H](O)CO)O3)C2O)C(CO)O[C@H]1OC1[C@@H](OCC2O[C@@H](O[C@@H]3C(CO)O[C@@H](O[C@@H]4C(CO)O[C@@H](C)C(NC(C)=O)[C@H]4O)C(NC(C)=O)[C@H]3O)C(O)[C@@H](O[C@H]3O[C@H](CO)[C@@H](O)C(O)C3O[C@@H]3OC(CO)[C@@H](O)[C@H](O)C3NC(C)=O)[C@@H]2O)OC(CO)[C@@H](O)[C@@H]1O. The van der Waals surface area contributed by atoms with Crippen LogP contribution in [-0.2, 0) is 109 Å². The summed E-state index contributed by atoms with van der Waals surface area (Å²) in [7, 11) is 0. The van der Waals surface area contributed by atoms with Gasteiger partial charge in [0.2, 0.25) is 23.6 Å². The first-order chi connectivity index (χ1) is 55.8. The molecular weight excluding hydrogens is 1610 g/mol. The molecule has 9 aliphatic rings. The molecule has 0 aromatic carbocycles. The second-order valence-corrected chi connectivity index (χ2v) is 30.1. The molecule has 46 atom stereocenters. The number of amides is 4. The second-order valence-electron chi connectivity index (χ2n) is 30.1. The fourth-order valence-electron chi connectivity index (χ4n) is 15.5. The van der Waals surface area contributed by atoms with Gasteiger partial charge in [0.1, 0.15) is 201 Å². The molecule has 0 bridgehead atoms. The molecule has 9 heterocycles. The number of aliphatic hydroxyl groups excluding tert-OH is 24. The number of hydrogen-bond donors (Lipinski definition) is 28. The minimum absolute atomic E-state index is 0.244. The van der Waals surface area contributed by atoms with Crippen LogP contribution in [0.15, 0.2) is 0 Å². The van der Waals surface area contributed by atoms with Crippen LogP contribution < -0.4 is 21.3 Å². The number of ether oxygens (including phenoxy) is 18. The first kappa shape index (κ1) is 97.5. The average Bonchev–Trinajstić information content (AvgIpc) is 0.771. The van der Waals surface area contributed by atoms with Gasteiger partial charge in [-0.2, -0.15) is 0 Å². The molecular formula is C67H112N4O47. The number of carbonyl (C=O) groups is 5. The highest BCUT2D eigenvalue weighted by Crippen LogP contribution is 2.43. The van der Waals surface area contributed by atoms with E-state index >= 15 is 0 Å². The molecule has 9 saturated heterocycles. The Hall–Kier alpha value is -4.29. The van der Waals surface area contributed by atoms with E-state index in [0.29, 0.717) is 0 Å². The standard InChI is InChI=1S/C67H112N4O47/c1-18-24(85)7-67(102-17-80,117-52(18)38(87)25(86)8-72)118-57-42(91)29(12-76)105-64(51(57)100)113-55-32(15-79)109-62(37(47(55)96)71-23(6)84)115-58-48(97)40(89)27(10-74)106-65(58)101-16-33-43(92)56(114-66-59(49(98)41(90)28(11-75)107-66)116-60-35(69-21(4)82)44(93)39(88)26(9-73)104-60)50(99)63(110-33)112-54-31(14-78)108-61(36(46(54)95)70-22(5)83)111-53-30(13-77)103-19(2)34(45(53)94)68-20(3)81/h17-19,24-66,72-79,85-100H,7-16H2,1-6H3,(H,68,81)(H,69,82)(H,70,83)(H,71,84)/t18-,19+,24?,25-,26?,27?,28-,29?,30?,31?,32?,33?,34?,35?,36?,37?,38-,39-,40-,41-,42+,43-,44-,45-,46-,47?,48+,49?,50?,51?,52?,53-,54-,55-,56+,57+,58?,59?,60+,61+,62+,63+,64+,65+,66-,67+/m1/s1. The van der Waals surface area contributed by atoms with Crippen molar-refractivity contribution >= 4 is 30.1 Å². The van der Waals surface area contributed by atoms with Crippen molar-refractivity contribution < 1.29 is 232 Å². The third-order valence-corrected chi connectivity index (χ3v) is 21.9. The monoisotopic (exact) mass is 1720 g/mol. The van der Waals surface area contributed by atoms with E-state index in [2.05, 4.69) is 21.3 Å². The van der Waals surface area contributed by atoms with E-state index in [1.54, 1.807) is 0 Å². The van der Waals surface area contributed by atoms with Crippen molar-refractivity contribution in [1.29, 1.82) is 0 Å². The molecule has 51 heteroatoms. The maximum absolute atomic E-state index is 13.1. The van der Waals surface area contributed by atoms with Crippen LogP contribution in [0, 0.1) is 5.92 Å². The van der Waals surface area contributed by atoms with Crippen LogP contribution in [0.25, 0.3) is 0 Å².